The van der Waals surface area contributed by atoms with E-state index in [1.54, 1.807) is 0 Å². The molecule has 0 spiro atoms. The Bertz CT molecular complexity index is 503. The van der Waals surface area contributed by atoms with Gasteiger partial charge in [0.15, 0.2) is 0 Å². The minimum atomic E-state index is -0.251. The fourth-order valence-electron chi connectivity index (χ4n) is 3.44. The van der Waals surface area contributed by atoms with E-state index < -0.39 is 0 Å². The number of hydrogen-bond acceptors (Lipinski definition) is 3. The summed E-state index contributed by atoms with van der Waals surface area (Å²) in [6.07, 6.45) is 8.17. The van der Waals surface area contributed by atoms with Crippen LogP contribution in [0.25, 0.3) is 0 Å². The predicted molar refractivity (Wildman–Crippen MR) is 75.3 cm³/mol. The first-order chi connectivity index (χ1) is 9.56. The van der Waals surface area contributed by atoms with E-state index in [0.29, 0.717) is 25.8 Å². The van der Waals surface area contributed by atoms with Gasteiger partial charge in [0.1, 0.15) is 0 Å². The Hall–Kier alpha value is -1.36. The second kappa shape index (κ2) is 5.20. The summed E-state index contributed by atoms with van der Waals surface area (Å²) in [7, 11) is 0. The molecule has 2 aliphatic carbocycles. The summed E-state index contributed by atoms with van der Waals surface area (Å²) < 4.78 is 1.99. The molecule has 5 nitrogen and oxygen atoms in total. The number of aromatic nitrogens is 2. The lowest BCUT2D eigenvalue weighted by Gasteiger charge is -2.43. The molecule has 0 bridgehead atoms. The van der Waals surface area contributed by atoms with E-state index in [1.807, 2.05) is 17.8 Å². The van der Waals surface area contributed by atoms with Crippen molar-refractivity contribution in [3.05, 3.63) is 17.5 Å². The molecule has 1 fully saturated rings. The van der Waals surface area contributed by atoms with Crippen molar-refractivity contribution in [3.8, 4) is 0 Å². The third-order valence-electron chi connectivity index (χ3n) is 4.51. The van der Waals surface area contributed by atoms with Gasteiger partial charge in [0, 0.05) is 24.2 Å². The Morgan fingerprint density at radius 3 is 3.00 bits per heavy atom. The second-order valence-corrected chi connectivity index (χ2v) is 6.47. The summed E-state index contributed by atoms with van der Waals surface area (Å²) >= 11 is 0. The molecule has 2 aliphatic rings. The van der Waals surface area contributed by atoms with Gasteiger partial charge in [0.05, 0.1) is 12.3 Å². The fraction of sp³-hybridized carbons (Fsp3) is 0.733. The van der Waals surface area contributed by atoms with Crippen LogP contribution >= 0.6 is 0 Å². The highest BCUT2D eigenvalue weighted by Gasteiger charge is 2.40. The zero-order chi connectivity index (χ0) is 14.2. The Morgan fingerprint density at radius 2 is 2.25 bits per heavy atom. The molecule has 20 heavy (non-hydrogen) atoms. The summed E-state index contributed by atoms with van der Waals surface area (Å²) in [5, 5.41) is 16.8. The number of hydrogen-bond donors (Lipinski definition) is 2. The Labute approximate surface area is 119 Å². The van der Waals surface area contributed by atoms with Crippen LogP contribution < -0.4 is 5.32 Å². The highest BCUT2D eigenvalue weighted by atomic mass is 16.3. The number of aliphatic hydroxyl groups is 1. The summed E-state index contributed by atoms with van der Waals surface area (Å²) in [5.74, 6) is 0.0551. The van der Waals surface area contributed by atoms with Crippen molar-refractivity contribution in [1.82, 2.24) is 15.1 Å². The highest BCUT2D eigenvalue weighted by molar-refractivity contribution is 5.76. The van der Waals surface area contributed by atoms with Gasteiger partial charge in [-0.2, -0.15) is 5.10 Å². The maximum absolute atomic E-state index is 12.0. The number of carbonyl (C=O) groups is 1. The van der Waals surface area contributed by atoms with Crippen LogP contribution in [0.1, 0.15) is 50.3 Å². The van der Waals surface area contributed by atoms with Gasteiger partial charge in [-0.25, -0.2) is 0 Å². The van der Waals surface area contributed by atoms with Gasteiger partial charge in [-0.1, -0.05) is 0 Å². The summed E-state index contributed by atoms with van der Waals surface area (Å²) in [6.45, 7) is 2.65. The molecule has 0 radical (unpaired) electrons. The van der Waals surface area contributed by atoms with Crippen LogP contribution in [0.4, 0.5) is 0 Å². The van der Waals surface area contributed by atoms with Crippen LogP contribution in [-0.2, 0) is 24.2 Å². The van der Waals surface area contributed by atoms with Crippen molar-refractivity contribution in [2.75, 3.05) is 0 Å². The van der Waals surface area contributed by atoms with Crippen molar-refractivity contribution < 1.29 is 9.90 Å². The summed E-state index contributed by atoms with van der Waals surface area (Å²) in [5.41, 5.74) is 2.46. The van der Waals surface area contributed by atoms with Crippen LogP contribution in [0.3, 0.4) is 0 Å². The number of carbonyl (C=O) groups excluding carboxylic acids is 1. The normalized spacial score (nSPS) is 28.6. The first kappa shape index (κ1) is 13.6. The fourth-order valence-corrected chi connectivity index (χ4v) is 3.44. The van der Waals surface area contributed by atoms with Gasteiger partial charge in [0.25, 0.3) is 0 Å². The van der Waals surface area contributed by atoms with Crippen LogP contribution in [0.5, 0.6) is 0 Å². The Kier molecular flexibility index (Phi) is 3.54. The zero-order valence-electron chi connectivity index (χ0n) is 12.1. The molecule has 0 atom stereocenters. The maximum Gasteiger partial charge on any atom is 0.222 e. The summed E-state index contributed by atoms with van der Waals surface area (Å²) in [4.78, 5) is 12.0. The number of rotatable bonds is 4. The van der Waals surface area contributed by atoms with Gasteiger partial charge < -0.3 is 10.4 Å². The first-order valence-electron chi connectivity index (χ1n) is 7.58. The monoisotopic (exact) mass is 277 g/mol. The van der Waals surface area contributed by atoms with Crippen molar-refractivity contribution in [1.29, 1.82) is 0 Å². The van der Waals surface area contributed by atoms with E-state index in [0.717, 1.165) is 12.8 Å². The van der Waals surface area contributed by atoms with Crippen molar-refractivity contribution in [2.24, 2.45) is 0 Å². The van der Waals surface area contributed by atoms with E-state index in [1.165, 1.54) is 24.1 Å². The van der Waals surface area contributed by atoms with Gasteiger partial charge in [-0.3, -0.25) is 9.48 Å². The van der Waals surface area contributed by atoms with Crippen molar-refractivity contribution in [3.63, 3.8) is 0 Å². The average molecular weight is 277 g/mol. The smallest absolute Gasteiger partial charge is 0.222 e. The molecule has 1 saturated carbocycles. The number of fused-ring (bicyclic) bond motifs is 1. The van der Waals surface area contributed by atoms with Gasteiger partial charge in [-0.05, 0) is 51.0 Å². The minimum Gasteiger partial charge on any atom is -0.393 e. The Morgan fingerprint density at radius 1 is 1.50 bits per heavy atom. The summed E-state index contributed by atoms with van der Waals surface area (Å²) in [6, 6.07) is 0. The quantitative estimate of drug-likeness (QED) is 0.868. The molecule has 0 aliphatic heterocycles. The van der Waals surface area contributed by atoms with Crippen LogP contribution in [-0.4, -0.2) is 32.4 Å². The van der Waals surface area contributed by atoms with E-state index >= 15 is 0 Å². The van der Waals surface area contributed by atoms with Crippen molar-refractivity contribution >= 4 is 5.91 Å². The molecule has 5 heteroatoms. The minimum absolute atomic E-state index is 0.0551. The number of amides is 1. The maximum atomic E-state index is 12.0. The topological polar surface area (TPSA) is 67.2 Å². The van der Waals surface area contributed by atoms with E-state index in [2.05, 4.69) is 10.4 Å². The van der Waals surface area contributed by atoms with E-state index in [-0.39, 0.29) is 17.6 Å². The molecule has 0 aromatic carbocycles. The largest absolute Gasteiger partial charge is 0.393 e. The molecule has 1 heterocycles. The van der Waals surface area contributed by atoms with E-state index in [4.69, 9.17) is 0 Å². The molecule has 0 unspecified atom stereocenters. The number of nitrogens with one attached hydrogen (secondary N) is 1. The van der Waals surface area contributed by atoms with Crippen LogP contribution in [0.2, 0.25) is 0 Å². The standard InChI is InChI=1S/C15H23N3O2/c1-15(8-12(19)9-15)17-14(20)6-7-18-13-5-3-2-4-11(13)10-16-18/h10,12,19H,2-9H2,1H3,(H,17,20). The van der Waals surface area contributed by atoms with Crippen LogP contribution in [0.15, 0.2) is 6.20 Å². The van der Waals surface area contributed by atoms with Crippen LogP contribution in [0, 0.1) is 0 Å². The highest BCUT2D eigenvalue weighted by Crippen LogP contribution is 2.31. The molecule has 1 amide bonds. The lowest BCUT2D eigenvalue weighted by molar-refractivity contribution is -0.125. The van der Waals surface area contributed by atoms with Gasteiger partial charge >= 0.3 is 0 Å². The molecule has 3 rings (SSSR count). The molecule has 1 aromatic rings. The molecular weight excluding hydrogens is 254 g/mol. The molecule has 1 aromatic heterocycles. The zero-order valence-corrected chi connectivity index (χ0v) is 12.1. The first-order valence-corrected chi connectivity index (χ1v) is 7.58. The number of aliphatic hydroxyl groups excluding tert-OH is 1. The molecule has 2 N–H and O–H groups in total. The Balaban J connectivity index is 1.52. The van der Waals surface area contributed by atoms with E-state index in [9.17, 15) is 9.90 Å². The lowest BCUT2D eigenvalue weighted by atomic mass is 9.76. The predicted octanol–water partition coefficient (Wildman–Crippen LogP) is 1.18. The lowest BCUT2D eigenvalue weighted by Crippen LogP contribution is -2.57. The average Bonchev–Trinajstić information content (AvgIpc) is 2.78. The van der Waals surface area contributed by atoms with Crippen molar-refractivity contribution in [2.45, 2.75) is 70.1 Å². The molecule has 0 saturated heterocycles. The molecule has 110 valence electrons. The number of aryl methyl sites for hydroxylation is 2. The van der Waals surface area contributed by atoms with Gasteiger partial charge in [0.2, 0.25) is 5.91 Å². The third kappa shape index (κ3) is 2.73. The SMILES string of the molecule is CC1(NC(=O)CCn2ncc3c2CCCC3)CC(O)C1. The second-order valence-electron chi connectivity index (χ2n) is 6.47. The number of nitrogens with zero attached hydrogens (tertiary/aromatic N) is 2. The van der Waals surface area contributed by atoms with Gasteiger partial charge in [-0.15, -0.1) is 0 Å². The third-order valence-corrected chi connectivity index (χ3v) is 4.51. The molecular formula is C15H23N3O2.